The summed E-state index contributed by atoms with van der Waals surface area (Å²) in [5, 5.41) is 7.41. The van der Waals surface area contributed by atoms with E-state index < -0.39 is 17.3 Å². The average molecular weight is 297 g/mol. The molecule has 0 saturated carbocycles. The van der Waals surface area contributed by atoms with Gasteiger partial charge in [-0.05, 0) is 24.6 Å². The van der Waals surface area contributed by atoms with Gasteiger partial charge in [-0.25, -0.2) is 13.4 Å². The van der Waals surface area contributed by atoms with Crippen molar-refractivity contribution in [2.45, 2.75) is 6.92 Å². The molecule has 0 amide bonds. The van der Waals surface area contributed by atoms with Gasteiger partial charge in [0, 0.05) is 5.02 Å². The standard InChI is InChI=1S/C12H7ClF2N4O/c1-6-2-9(8(14)3-7(6)13)19-11(20)4-10(15)18-5-16-17-12(18)19/h2-5H,1H3. The lowest BCUT2D eigenvalue weighted by molar-refractivity contribution is 0.554. The van der Waals surface area contributed by atoms with Crippen molar-refractivity contribution in [2.24, 2.45) is 0 Å². The minimum atomic E-state index is -0.822. The molecule has 2 heterocycles. The van der Waals surface area contributed by atoms with Gasteiger partial charge in [-0.15, -0.1) is 10.2 Å². The van der Waals surface area contributed by atoms with Gasteiger partial charge >= 0.3 is 0 Å². The quantitative estimate of drug-likeness (QED) is 0.646. The van der Waals surface area contributed by atoms with Crippen LogP contribution in [0.4, 0.5) is 8.78 Å². The van der Waals surface area contributed by atoms with Crippen LogP contribution >= 0.6 is 11.6 Å². The van der Waals surface area contributed by atoms with E-state index in [1.807, 2.05) is 0 Å². The lowest BCUT2D eigenvalue weighted by Gasteiger charge is -2.10. The summed E-state index contributed by atoms with van der Waals surface area (Å²) in [6.07, 6.45) is 1.10. The van der Waals surface area contributed by atoms with Gasteiger partial charge in [-0.1, -0.05) is 11.6 Å². The summed E-state index contributed by atoms with van der Waals surface area (Å²) in [6.45, 7) is 1.67. The molecule has 3 aromatic rings. The molecular formula is C12H7ClF2N4O. The second-order valence-corrected chi connectivity index (χ2v) is 4.60. The van der Waals surface area contributed by atoms with Crippen LogP contribution in [-0.2, 0) is 0 Å². The first-order valence-electron chi connectivity index (χ1n) is 5.56. The second-order valence-electron chi connectivity index (χ2n) is 4.19. The largest absolute Gasteiger partial charge is 0.269 e. The average Bonchev–Trinajstić information content (AvgIpc) is 2.84. The van der Waals surface area contributed by atoms with E-state index in [4.69, 9.17) is 11.6 Å². The Labute approximate surface area is 116 Å². The normalized spacial score (nSPS) is 11.2. The summed E-state index contributed by atoms with van der Waals surface area (Å²) < 4.78 is 29.5. The molecule has 0 spiro atoms. The Morgan fingerprint density at radius 1 is 1.25 bits per heavy atom. The molecule has 0 N–H and O–H groups in total. The van der Waals surface area contributed by atoms with Gasteiger partial charge in [-0.3, -0.25) is 4.79 Å². The van der Waals surface area contributed by atoms with Gasteiger partial charge in [0.05, 0.1) is 11.8 Å². The van der Waals surface area contributed by atoms with Gasteiger partial charge in [-0.2, -0.15) is 4.39 Å². The Morgan fingerprint density at radius 3 is 2.75 bits per heavy atom. The summed E-state index contributed by atoms with van der Waals surface area (Å²) in [5.74, 6) is -1.65. The number of hydrogen-bond donors (Lipinski definition) is 0. The van der Waals surface area contributed by atoms with Gasteiger partial charge in [0.2, 0.25) is 11.7 Å². The highest BCUT2D eigenvalue weighted by Gasteiger charge is 2.16. The molecule has 0 aliphatic rings. The minimum absolute atomic E-state index is 0.0603. The summed E-state index contributed by atoms with van der Waals surface area (Å²) in [5.41, 5.74) is -0.226. The topological polar surface area (TPSA) is 52.2 Å². The molecule has 0 unspecified atom stereocenters. The Bertz CT molecular complexity index is 887. The Hall–Kier alpha value is -2.28. The number of hydrogen-bond acceptors (Lipinski definition) is 3. The zero-order valence-electron chi connectivity index (χ0n) is 10.1. The van der Waals surface area contributed by atoms with E-state index in [2.05, 4.69) is 10.2 Å². The van der Waals surface area contributed by atoms with E-state index in [-0.39, 0.29) is 16.5 Å². The molecule has 5 nitrogen and oxygen atoms in total. The number of nitrogens with zero attached hydrogens (tertiary/aromatic N) is 4. The zero-order valence-corrected chi connectivity index (χ0v) is 10.9. The molecule has 8 heteroatoms. The summed E-state index contributed by atoms with van der Waals surface area (Å²) in [6, 6.07) is 3.22. The Morgan fingerprint density at radius 2 is 2.00 bits per heavy atom. The first kappa shape index (κ1) is 12.7. The first-order valence-corrected chi connectivity index (χ1v) is 5.94. The minimum Gasteiger partial charge on any atom is -0.269 e. The van der Waals surface area contributed by atoms with Crippen molar-refractivity contribution in [2.75, 3.05) is 0 Å². The van der Waals surface area contributed by atoms with Crippen LogP contribution in [-0.4, -0.2) is 19.2 Å². The maximum atomic E-state index is 14.0. The summed E-state index contributed by atoms with van der Waals surface area (Å²) in [4.78, 5) is 11.9. The molecular weight excluding hydrogens is 290 g/mol. The van der Waals surface area contributed by atoms with E-state index in [1.165, 1.54) is 6.07 Å². The number of aromatic nitrogens is 4. The summed E-state index contributed by atoms with van der Waals surface area (Å²) >= 11 is 5.81. The molecule has 1 aromatic carbocycles. The maximum absolute atomic E-state index is 14.0. The van der Waals surface area contributed by atoms with Crippen molar-refractivity contribution in [3.8, 4) is 5.69 Å². The fraction of sp³-hybridized carbons (Fsp3) is 0.0833. The van der Waals surface area contributed by atoms with Gasteiger partial charge < -0.3 is 0 Å². The van der Waals surface area contributed by atoms with E-state index >= 15 is 0 Å². The van der Waals surface area contributed by atoms with Crippen molar-refractivity contribution in [3.05, 3.63) is 57.2 Å². The van der Waals surface area contributed by atoms with Crippen LogP contribution in [0.1, 0.15) is 5.56 Å². The lowest BCUT2D eigenvalue weighted by atomic mass is 10.2. The van der Waals surface area contributed by atoms with Crippen molar-refractivity contribution in [1.82, 2.24) is 19.2 Å². The molecule has 0 bridgehead atoms. The molecule has 0 aliphatic carbocycles. The summed E-state index contributed by atoms with van der Waals surface area (Å²) in [7, 11) is 0. The molecule has 0 fully saturated rings. The lowest BCUT2D eigenvalue weighted by Crippen LogP contribution is -2.22. The van der Waals surface area contributed by atoms with Crippen molar-refractivity contribution in [1.29, 1.82) is 0 Å². The van der Waals surface area contributed by atoms with Crippen LogP contribution in [0.3, 0.4) is 0 Å². The number of halogens is 3. The van der Waals surface area contributed by atoms with E-state index in [0.717, 1.165) is 27.4 Å². The highest BCUT2D eigenvalue weighted by Crippen LogP contribution is 2.22. The van der Waals surface area contributed by atoms with Crippen LogP contribution in [0.15, 0.2) is 29.3 Å². The molecule has 3 rings (SSSR count). The molecule has 0 saturated heterocycles. The number of rotatable bonds is 1. The molecule has 20 heavy (non-hydrogen) atoms. The van der Waals surface area contributed by atoms with Crippen molar-refractivity contribution >= 4 is 17.4 Å². The van der Waals surface area contributed by atoms with Crippen molar-refractivity contribution in [3.63, 3.8) is 0 Å². The van der Waals surface area contributed by atoms with Crippen LogP contribution in [0.2, 0.25) is 5.02 Å². The predicted molar refractivity (Wildman–Crippen MR) is 68.2 cm³/mol. The van der Waals surface area contributed by atoms with Gasteiger partial charge in [0.15, 0.2) is 0 Å². The van der Waals surface area contributed by atoms with Crippen LogP contribution in [0, 0.1) is 18.7 Å². The molecule has 0 radical (unpaired) electrons. The highest BCUT2D eigenvalue weighted by atomic mass is 35.5. The SMILES string of the molecule is Cc1cc(-n2c(=O)cc(F)n3cnnc23)c(F)cc1Cl. The maximum Gasteiger partial charge on any atom is 0.262 e. The van der Waals surface area contributed by atoms with Crippen LogP contribution in [0.5, 0.6) is 0 Å². The highest BCUT2D eigenvalue weighted by molar-refractivity contribution is 6.31. The molecule has 0 atom stereocenters. The first-order chi connectivity index (χ1) is 9.49. The fourth-order valence-electron chi connectivity index (χ4n) is 1.91. The van der Waals surface area contributed by atoms with Gasteiger partial charge in [0.25, 0.3) is 5.56 Å². The third-order valence-electron chi connectivity index (χ3n) is 2.89. The number of fused-ring (bicyclic) bond motifs is 1. The Kier molecular flexibility index (Phi) is 2.79. The second kappa shape index (κ2) is 4.38. The molecule has 0 aliphatic heterocycles. The molecule has 2 aromatic heterocycles. The zero-order chi connectivity index (χ0) is 14.4. The Balaban J connectivity index is 2.44. The number of aryl methyl sites for hydroxylation is 1. The van der Waals surface area contributed by atoms with Crippen LogP contribution < -0.4 is 5.56 Å². The van der Waals surface area contributed by atoms with Gasteiger partial charge in [0.1, 0.15) is 12.1 Å². The third-order valence-corrected chi connectivity index (χ3v) is 3.30. The predicted octanol–water partition coefficient (Wildman–Crippen LogP) is 2.12. The van der Waals surface area contributed by atoms with Crippen LogP contribution in [0.25, 0.3) is 11.5 Å². The van der Waals surface area contributed by atoms with E-state index in [1.54, 1.807) is 6.92 Å². The monoisotopic (exact) mass is 296 g/mol. The smallest absolute Gasteiger partial charge is 0.262 e. The number of benzene rings is 1. The molecule has 102 valence electrons. The third kappa shape index (κ3) is 1.78. The van der Waals surface area contributed by atoms with E-state index in [9.17, 15) is 13.6 Å². The van der Waals surface area contributed by atoms with Crippen molar-refractivity contribution < 1.29 is 8.78 Å². The van der Waals surface area contributed by atoms with E-state index in [0.29, 0.717) is 5.56 Å². The fourth-order valence-corrected chi connectivity index (χ4v) is 2.06.